The molecular formula is C12H13F3N2S2. The summed E-state index contributed by atoms with van der Waals surface area (Å²) in [5.74, 6) is 0. The van der Waals surface area contributed by atoms with Crippen molar-refractivity contribution in [3.05, 3.63) is 24.3 Å². The highest BCUT2D eigenvalue weighted by Crippen LogP contribution is 2.40. The van der Waals surface area contributed by atoms with Gasteiger partial charge >= 0.3 is 6.18 Å². The average Bonchev–Trinajstić information content (AvgIpc) is 2.76. The maximum atomic E-state index is 13.0. The average molecular weight is 306 g/mol. The molecule has 2 unspecified atom stereocenters. The number of alkyl halides is 3. The second kappa shape index (κ2) is 5.68. The van der Waals surface area contributed by atoms with Gasteiger partial charge in [0.2, 0.25) is 0 Å². The van der Waals surface area contributed by atoms with Crippen LogP contribution in [0.25, 0.3) is 10.2 Å². The third-order valence-corrected chi connectivity index (χ3v) is 5.22. The lowest BCUT2D eigenvalue weighted by Crippen LogP contribution is -2.42. The fraction of sp³-hybridized carbons (Fsp3) is 0.417. The smallest absolute Gasteiger partial charge is 0.326 e. The molecule has 2 N–H and O–H groups in total. The minimum atomic E-state index is -4.32. The Morgan fingerprint density at radius 3 is 2.63 bits per heavy atom. The maximum Gasteiger partial charge on any atom is 0.402 e. The molecule has 0 radical (unpaired) electrons. The normalized spacial score (nSPS) is 15.6. The zero-order valence-corrected chi connectivity index (χ0v) is 11.8. The van der Waals surface area contributed by atoms with E-state index in [1.165, 1.54) is 11.3 Å². The number of hydrogen-bond acceptors (Lipinski definition) is 4. The van der Waals surface area contributed by atoms with E-state index >= 15 is 0 Å². The third kappa shape index (κ3) is 3.40. The number of halogens is 3. The Hall–Kier alpha value is -0.790. The van der Waals surface area contributed by atoms with E-state index in [0.29, 0.717) is 16.1 Å². The second-order valence-corrected chi connectivity index (χ2v) is 6.52. The molecule has 0 spiro atoms. The van der Waals surface area contributed by atoms with Crippen LogP contribution in [-0.4, -0.2) is 22.5 Å². The molecule has 0 amide bonds. The number of thioether (sulfide) groups is 1. The lowest BCUT2D eigenvalue weighted by atomic mass is 10.1. The Bertz CT molecular complexity index is 520. The molecule has 1 heterocycles. The van der Waals surface area contributed by atoms with E-state index in [1.54, 1.807) is 13.0 Å². The number of aromatic nitrogens is 1. The van der Waals surface area contributed by atoms with E-state index < -0.39 is 17.5 Å². The van der Waals surface area contributed by atoms with Gasteiger partial charge in [0.05, 0.1) is 10.2 Å². The van der Waals surface area contributed by atoms with Crippen LogP contribution in [-0.2, 0) is 0 Å². The number of fused-ring (bicyclic) bond motifs is 1. The van der Waals surface area contributed by atoms with Gasteiger partial charge in [0.25, 0.3) is 0 Å². The molecule has 104 valence electrons. The van der Waals surface area contributed by atoms with Gasteiger partial charge in [-0.1, -0.05) is 30.8 Å². The van der Waals surface area contributed by atoms with Crippen molar-refractivity contribution in [2.45, 2.75) is 35.2 Å². The van der Waals surface area contributed by atoms with Crippen molar-refractivity contribution in [1.82, 2.24) is 4.98 Å². The lowest BCUT2D eigenvalue weighted by molar-refractivity contribution is -0.132. The van der Waals surface area contributed by atoms with Crippen LogP contribution in [0, 0.1) is 0 Å². The molecule has 0 saturated carbocycles. The zero-order chi connectivity index (χ0) is 14.0. The molecule has 1 aromatic carbocycles. The Morgan fingerprint density at radius 1 is 1.37 bits per heavy atom. The maximum absolute atomic E-state index is 13.0. The van der Waals surface area contributed by atoms with Gasteiger partial charge in [-0.25, -0.2) is 4.98 Å². The first kappa shape index (κ1) is 14.6. The van der Waals surface area contributed by atoms with Crippen LogP contribution >= 0.6 is 23.1 Å². The number of rotatable bonds is 4. The lowest BCUT2D eigenvalue weighted by Gasteiger charge is -2.23. The van der Waals surface area contributed by atoms with Crippen molar-refractivity contribution >= 4 is 33.3 Å². The van der Waals surface area contributed by atoms with Crippen LogP contribution in [0.1, 0.15) is 13.3 Å². The Labute approximate surface area is 117 Å². The highest BCUT2D eigenvalue weighted by Gasteiger charge is 2.44. The highest BCUT2D eigenvalue weighted by molar-refractivity contribution is 8.01. The predicted molar refractivity (Wildman–Crippen MR) is 73.6 cm³/mol. The molecule has 2 nitrogen and oxygen atoms in total. The first-order chi connectivity index (χ1) is 8.91. The quantitative estimate of drug-likeness (QED) is 0.866. The summed E-state index contributed by atoms with van der Waals surface area (Å²) in [5.41, 5.74) is 6.30. The van der Waals surface area contributed by atoms with Crippen molar-refractivity contribution in [3.63, 3.8) is 0 Å². The first-order valence-corrected chi connectivity index (χ1v) is 7.46. The zero-order valence-electron chi connectivity index (χ0n) is 10.1. The number of para-hydroxylation sites is 1. The summed E-state index contributed by atoms with van der Waals surface area (Å²) >= 11 is 1.98. The Morgan fingerprint density at radius 2 is 2.05 bits per heavy atom. The number of benzene rings is 1. The summed E-state index contributed by atoms with van der Waals surface area (Å²) < 4.78 is 40.2. The fourth-order valence-electron chi connectivity index (χ4n) is 1.62. The fourth-order valence-corrected chi connectivity index (χ4v) is 3.96. The number of nitrogens with two attached hydrogens (primary N) is 1. The van der Waals surface area contributed by atoms with Gasteiger partial charge in [-0.15, -0.1) is 11.3 Å². The van der Waals surface area contributed by atoms with Crippen LogP contribution in [0.4, 0.5) is 13.2 Å². The monoisotopic (exact) mass is 306 g/mol. The molecule has 0 aliphatic carbocycles. The Balaban J connectivity index is 2.25. The van der Waals surface area contributed by atoms with Crippen molar-refractivity contribution < 1.29 is 13.2 Å². The van der Waals surface area contributed by atoms with Crippen LogP contribution in [0.15, 0.2) is 28.6 Å². The Kier molecular flexibility index (Phi) is 4.37. The molecule has 7 heteroatoms. The second-order valence-electron chi connectivity index (χ2n) is 4.10. The van der Waals surface area contributed by atoms with E-state index in [4.69, 9.17) is 5.73 Å². The SMILES string of the molecule is CCC(N)C(Sc1nc2ccccc2s1)C(F)(F)F. The molecule has 0 aliphatic rings. The van der Waals surface area contributed by atoms with E-state index in [1.807, 2.05) is 18.2 Å². The minimum Gasteiger partial charge on any atom is -0.326 e. The molecule has 0 fully saturated rings. The largest absolute Gasteiger partial charge is 0.402 e. The molecular weight excluding hydrogens is 293 g/mol. The van der Waals surface area contributed by atoms with E-state index in [0.717, 1.165) is 10.2 Å². The van der Waals surface area contributed by atoms with Crippen molar-refractivity contribution in [3.8, 4) is 0 Å². The van der Waals surface area contributed by atoms with E-state index in [-0.39, 0.29) is 6.42 Å². The van der Waals surface area contributed by atoms with E-state index in [9.17, 15) is 13.2 Å². The highest BCUT2D eigenvalue weighted by atomic mass is 32.2. The molecule has 1 aromatic heterocycles. The van der Waals surface area contributed by atoms with Gasteiger partial charge in [0, 0.05) is 6.04 Å². The minimum absolute atomic E-state index is 0.280. The topological polar surface area (TPSA) is 38.9 Å². The summed E-state index contributed by atoms with van der Waals surface area (Å²) in [5, 5.41) is -1.61. The number of thiazole rings is 1. The van der Waals surface area contributed by atoms with Crippen molar-refractivity contribution in [1.29, 1.82) is 0 Å². The third-order valence-electron chi connectivity index (χ3n) is 2.68. The summed E-state index contributed by atoms with van der Waals surface area (Å²) in [6, 6.07) is 6.37. The van der Waals surface area contributed by atoms with Crippen molar-refractivity contribution in [2.75, 3.05) is 0 Å². The molecule has 19 heavy (non-hydrogen) atoms. The number of nitrogens with zero attached hydrogens (tertiary/aromatic N) is 1. The summed E-state index contributed by atoms with van der Waals surface area (Å²) in [6.07, 6.45) is -4.04. The molecule has 0 bridgehead atoms. The van der Waals surface area contributed by atoms with Crippen molar-refractivity contribution in [2.24, 2.45) is 5.73 Å². The van der Waals surface area contributed by atoms with Crippen LogP contribution < -0.4 is 5.73 Å². The van der Waals surface area contributed by atoms with Gasteiger partial charge in [0.15, 0.2) is 4.34 Å². The van der Waals surface area contributed by atoms with Gasteiger partial charge < -0.3 is 5.73 Å². The number of hydrogen-bond donors (Lipinski definition) is 1. The molecule has 2 rings (SSSR count). The molecule has 0 saturated heterocycles. The first-order valence-electron chi connectivity index (χ1n) is 5.76. The van der Waals surface area contributed by atoms with E-state index in [2.05, 4.69) is 4.98 Å². The molecule has 2 aromatic rings. The van der Waals surface area contributed by atoms with Crippen LogP contribution in [0.5, 0.6) is 0 Å². The van der Waals surface area contributed by atoms with Gasteiger partial charge in [-0.05, 0) is 18.6 Å². The van der Waals surface area contributed by atoms with Gasteiger partial charge in [-0.2, -0.15) is 13.2 Å². The van der Waals surface area contributed by atoms with Crippen LogP contribution in [0.3, 0.4) is 0 Å². The summed E-state index contributed by atoms with van der Waals surface area (Å²) in [7, 11) is 0. The predicted octanol–water partition coefficient (Wildman–Crippen LogP) is 4.06. The standard InChI is InChI=1S/C12H13F3N2S2/c1-2-7(16)10(12(13,14)15)19-11-17-8-5-3-4-6-9(8)18-11/h3-7,10H,2,16H2,1H3. The molecule has 2 atom stereocenters. The van der Waals surface area contributed by atoms with Gasteiger partial charge in [-0.3, -0.25) is 0 Å². The molecule has 0 aliphatic heterocycles. The summed E-state index contributed by atoms with van der Waals surface area (Å²) in [4.78, 5) is 4.21. The van der Waals surface area contributed by atoms with Crippen LogP contribution in [0.2, 0.25) is 0 Å². The van der Waals surface area contributed by atoms with Gasteiger partial charge in [0.1, 0.15) is 5.25 Å². The summed E-state index contributed by atoms with van der Waals surface area (Å²) in [6.45, 7) is 1.66.